The summed E-state index contributed by atoms with van der Waals surface area (Å²) in [6, 6.07) is 6.25. The fourth-order valence-electron chi connectivity index (χ4n) is 1.70. The number of carbonyl (C=O) groups is 2. The van der Waals surface area contributed by atoms with E-state index in [1.165, 1.54) is 0 Å². The zero-order chi connectivity index (χ0) is 17.0. The largest absolute Gasteiger partial charge is 0.459 e. The number of hydrogen-bond acceptors (Lipinski definition) is 5. The summed E-state index contributed by atoms with van der Waals surface area (Å²) in [4.78, 5) is 28.4. The molecule has 0 radical (unpaired) electrons. The van der Waals surface area contributed by atoms with Gasteiger partial charge in [-0.3, -0.25) is 5.32 Å². The highest BCUT2D eigenvalue weighted by Crippen LogP contribution is 2.24. The first-order chi connectivity index (χ1) is 10.8. The zero-order valence-electron chi connectivity index (χ0n) is 12.8. The number of ether oxygens (including phenoxy) is 1. The van der Waals surface area contributed by atoms with Gasteiger partial charge in [0.1, 0.15) is 4.88 Å². The number of aryl methyl sites for hydroxylation is 1. The van der Waals surface area contributed by atoms with E-state index in [0.717, 1.165) is 11.3 Å². The summed E-state index contributed by atoms with van der Waals surface area (Å²) in [7, 11) is 0. The molecule has 0 bridgehead atoms. The van der Waals surface area contributed by atoms with E-state index in [-0.39, 0.29) is 6.10 Å². The topological polar surface area (TPSA) is 80.3 Å². The van der Waals surface area contributed by atoms with Gasteiger partial charge in [-0.15, -0.1) is 0 Å². The van der Waals surface area contributed by atoms with Gasteiger partial charge in [0.2, 0.25) is 0 Å². The Labute approximate surface area is 142 Å². The van der Waals surface area contributed by atoms with E-state index in [4.69, 9.17) is 16.3 Å². The van der Waals surface area contributed by atoms with Crippen molar-refractivity contribution < 1.29 is 14.3 Å². The molecule has 23 heavy (non-hydrogen) atoms. The second kappa shape index (κ2) is 7.43. The smallest absolute Gasteiger partial charge is 0.350 e. The molecular formula is C15H16ClN3O3S. The van der Waals surface area contributed by atoms with Crippen molar-refractivity contribution in [2.75, 3.05) is 10.6 Å². The van der Waals surface area contributed by atoms with E-state index >= 15 is 0 Å². The average molecular weight is 354 g/mol. The first kappa shape index (κ1) is 17.2. The van der Waals surface area contributed by atoms with Crippen LogP contribution in [0, 0.1) is 6.92 Å². The second-order valence-corrected chi connectivity index (χ2v) is 6.41. The van der Waals surface area contributed by atoms with E-state index in [1.807, 2.05) is 0 Å². The van der Waals surface area contributed by atoms with Gasteiger partial charge < -0.3 is 10.1 Å². The van der Waals surface area contributed by atoms with Crippen molar-refractivity contribution in [3.63, 3.8) is 0 Å². The number of rotatable bonds is 4. The number of halogens is 1. The molecule has 0 aliphatic carbocycles. The monoisotopic (exact) mass is 353 g/mol. The summed E-state index contributed by atoms with van der Waals surface area (Å²) in [6.45, 7) is 5.23. The molecule has 1 aromatic carbocycles. The van der Waals surface area contributed by atoms with E-state index in [1.54, 1.807) is 45.0 Å². The molecule has 2 amide bonds. The Morgan fingerprint density at radius 1 is 1.22 bits per heavy atom. The molecule has 0 fully saturated rings. The van der Waals surface area contributed by atoms with Crippen LogP contribution in [0.2, 0.25) is 5.02 Å². The minimum atomic E-state index is -0.454. The van der Waals surface area contributed by atoms with Gasteiger partial charge >= 0.3 is 12.0 Å². The lowest BCUT2D eigenvalue weighted by Crippen LogP contribution is -2.19. The Bertz CT molecular complexity index is 713. The number of urea groups is 1. The van der Waals surface area contributed by atoms with Crippen LogP contribution in [-0.2, 0) is 4.74 Å². The molecule has 0 saturated carbocycles. The Balaban J connectivity index is 2.01. The highest BCUT2D eigenvalue weighted by Gasteiger charge is 2.18. The summed E-state index contributed by atoms with van der Waals surface area (Å²) < 4.78 is 5.13. The Morgan fingerprint density at radius 2 is 1.87 bits per heavy atom. The quantitative estimate of drug-likeness (QED) is 0.802. The number of hydrogen-bond donors (Lipinski definition) is 2. The highest BCUT2D eigenvalue weighted by atomic mass is 35.5. The number of benzene rings is 1. The summed E-state index contributed by atoms with van der Waals surface area (Å²) in [5.41, 5.74) is 1.11. The summed E-state index contributed by atoms with van der Waals surface area (Å²) >= 11 is 6.86. The SMILES string of the molecule is Cc1nc(NC(=O)Nc2ccc(Cl)cc2)sc1C(=O)OC(C)C. The molecule has 8 heteroatoms. The van der Waals surface area contributed by atoms with Gasteiger partial charge in [0.15, 0.2) is 5.13 Å². The molecule has 1 heterocycles. The van der Waals surface area contributed by atoms with Crippen LogP contribution in [0.15, 0.2) is 24.3 Å². The minimum absolute atomic E-state index is 0.214. The fourth-order valence-corrected chi connectivity index (χ4v) is 2.67. The molecule has 0 saturated heterocycles. The molecule has 2 N–H and O–H groups in total. The molecule has 122 valence electrons. The summed E-state index contributed by atoms with van der Waals surface area (Å²) in [5.74, 6) is -0.443. The van der Waals surface area contributed by atoms with Crippen molar-refractivity contribution in [1.29, 1.82) is 0 Å². The summed E-state index contributed by atoms with van der Waals surface area (Å²) in [5, 5.41) is 6.15. The number of aromatic nitrogens is 1. The third-order valence-electron chi connectivity index (χ3n) is 2.65. The Hall–Kier alpha value is -2.12. The van der Waals surface area contributed by atoms with Gasteiger partial charge in [-0.05, 0) is 45.0 Å². The maximum Gasteiger partial charge on any atom is 0.350 e. The van der Waals surface area contributed by atoms with Crippen LogP contribution >= 0.6 is 22.9 Å². The number of nitrogens with zero attached hydrogens (tertiary/aromatic N) is 1. The maximum atomic E-state index is 11.9. The van der Waals surface area contributed by atoms with Crippen molar-refractivity contribution in [2.45, 2.75) is 26.9 Å². The number of carbonyl (C=O) groups excluding carboxylic acids is 2. The lowest BCUT2D eigenvalue weighted by molar-refractivity contribution is 0.0382. The van der Waals surface area contributed by atoms with Crippen LogP contribution in [0.5, 0.6) is 0 Å². The Morgan fingerprint density at radius 3 is 2.48 bits per heavy atom. The first-order valence-electron chi connectivity index (χ1n) is 6.87. The maximum absolute atomic E-state index is 11.9. The molecule has 1 aromatic heterocycles. The van der Waals surface area contributed by atoms with Crippen molar-refractivity contribution in [3.05, 3.63) is 39.9 Å². The molecule has 0 aliphatic rings. The van der Waals surface area contributed by atoms with Gasteiger partial charge in [-0.2, -0.15) is 0 Å². The van der Waals surface area contributed by atoms with Gasteiger partial charge in [0.25, 0.3) is 0 Å². The van der Waals surface area contributed by atoms with E-state index in [9.17, 15) is 9.59 Å². The van der Waals surface area contributed by atoms with Crippen molar-refractivity contribution >= 4 is 45.8 Å². The third kappa shape index (κ3) is 4.94. The van der Waals surface area contributed by atoms with Crippen LogP contribution in [0.3, 0.4) is 0 Å². The number of esters is 1. The minimum Gasteiger partial charge on any atom is -0.459 e. The number of nitrogens with one attached hydrogen (secondary N) is 2. The molecule has 0 unspecified atom stereocenters. The molecular weight excluding hydrogens is 338 g/mol. The summed E-state index contributed by atoms with van der Waals surface area (Å²) in [6.07, 6.45) is -0.214. The zero-order valence-corrected chi connectivity index (χ0v) is 14.4. The average Bonchev–Trinajstić information content (AvgIpc) is 2.81. The van der Waals surface area contributed by atoms with Gasteiger partial charge in [0, 0.05) is 10.7 Å². The molecule has 2 rings (SSSR count). The first-order valence-corrected chi connectivity index (χ1v) is 8.06. The standard InChI is InChI=1S/C15H16ClN3O3S/c1-8(2)22-13(20)12-9(3)17-15(23-12)19-14(21)18-11-6-4-10(16)5-7-11/h4-8H,1-3H3,(H2,17,18,19,21). The van der Waals surface area contributed by atoms with Crippen LogP contribution in [0.1, 0.15) is 29.2 Å². The fraction of sp³-hybridized carbons (Fsp3) is 0.267. The van der Waals surface area contributed by atoms with E-state index < -0.39 is 12.0 Å². The van der Waals surface area contributed by atoms with Crippen LogP contribution < -0.4 is 10.6 Å². The van der Waals surface area contributed by atoms with Crippen LogP contribution in [-0.4, -0.2) is 23.1 Å². The van der Waals surface area contributed by atoms with Crippen molar-refractivity contribution in [1.82, 2.24) is 4.98 Å². The molecule has 0 aliphatic heterocycles. The molecule has 0 spiro atoms. The molecule has 2 aromatic rings. The molecule has 6 nitrogen and oxygen atoms in total. The normalized spacial score (nSPS) is 10.5. The predicted molar refractivity (Wildman–Crippen MR) is 91.5 cm³/mol. The van der Waals surface area contributed by atoms with Gasteiger partial charge in [-0.25, -0.2) is 14.6 Å². The van der Waals surface area contributed by atoms with Crippen LogP contribution in [0.4, 0.5) is 15.6 Å². The predicted octanol–water partition coefficient (Wildman–Crippen LogP) is 4.31. The number of anilines is 2. The third-order valence-corrected chi connectivity index (χ3v) is 3.95. The van der Waals surface area contributed by atoms with Crippen molar-refractivity contribution in [3.8, 4) is 0 Å². The van der Waals surface area contributed by atoms with Gasteiger partial charge in [-0.1, -0.05) is 22.9 Å². The van der Waals surface area contributed by atoms with Gasteiger partial charge in [0.05, 0.1) is 11.8 Å². The van der Waals surface area contributed by atoms with E-state index in [0.29, 0.717) is 26.4 Å². The van der Waals surface area contributed by atoms with Crippen LogP contribution in [0.25, 0.3) is 0 Å². The second-order valence-electron chi connectivity index (χ2n) is 4.97. The lowest BCUT2D eigenvalue weighted by Gasteiger charge is -2.06. The van der Waals surface area contributed by atoms with E-state index in [2.05, 4.69) is 15.6 Å². The Kier molecular flexibility index (Phi) is 5.57. The number of thiazole rings is 1. The van der Waals surface area contributed by atoms with Crippen molar-refractivity contribution in [2.24, 2.45) is 0 Å². The highest BCUT2D eigenvalue weighted by molar-refractivity contribution is 7.17. The lowest BCUT2D eigenvalue weighted by atomic mass is 10.3. The molecule has 0 atom stereocenters. The number of amides is 2.